The van der Waals surface area contributed by atoms with Crippen molar-refractivity contribution < 1.29 is 4.74 Å². The summed E-state index contributed by atoms with van der Waals surface area (Å²) in [6.45, 7) is 7.03. The summed E-state index contributed by atoms with van der Waals surface area (Å²) >= 11 is 6.10. The molecular weight excluding hydrogens is 222 g/mol. The Morgan fingerprint density at radius 2 is 1.88 bits per heavy atom. The van der Waals surface area contributed by atoms with Crippen LogP contribution in [0.15, 0.2) is 24.3 Å². The third-order valence-corrected chi connectivity index (χ3v) is 3.45. The predicted octanol–water partition coefficient (Wildman–Crippen LogP) is 3.19. The minimum absolute atomic E-state index is 0.0680. The maximum Gasteiger partial charge on any atom is 0.118 e. The van der Waals surface area contributed by atoms with Crippen molar-refractivity contribution in [2.75, 3.05) is 7.11 Å². The molecule has 0 aromatic heterocycles. The van der Waals surface area contributed by atoms with E-state index in [1.54, 1.807) is 7.11 Å². The summed E-state index contributed by atoms with van der Waals surface area (Å²) in [6.07, 6.45) is 0. The molecular formula is C13H20ClNO. The Morgan fingerprint density at radius 1 is 1.31 bits per heavy atom. The molecule has 0 amide bonds. The van der Waals surface area contributed by atoms with Crippen molar-refractivity contribution in [2.24, 2.45) is 0 Å². The van der Waals surface area contributed by atoms with Crippen LogP contribution in [-0.4, -0.2) is 18.0 Å². The van der Waals surface area contributed by atoms with E-state index in [-0.39, 0.29) is 10.9 Å². The van der Waals surface area contributed by atoms with E-state index in [2.05, 4.69) is 31.3 Å². The summed E-state index contributed by atoms with van der Waals surface area (Å²) in [7, 11) is 1.67. The third kappa shape index (κ3) is 3.69. The lowest BCUT2D eigenvalue weighted by Crippen LogP contribution is -2.45. The SMILES string of the molecule is COc1ccc(CNC(C)(C)C(C)Cl)cc1. The van der Waals surface area contributed by atoms with E-state index in [4.69, 9.17) is 16.3 Å². The van der Waals surface area contributed by atoms with Gasteiger partial charge in [0.25, 0.3) is 0 Å². The van der Waals surface area contributed by atoms with E-state index >= 15 is 0 Å². The van der Waals surface area contributed by atoms with Crippen molar-refractivity contribution in [3.05, 3.63) is 29.8 Å². The van der Waals surface area contributed by atoms with Crippen LogP contribution in [0, 0.1) is 0 Å². The Hall–Kier alpha value is -0.730. The van der Waals surface area contributed by atoms with Crippen LogP contribution in [0.4, 0.5) is 0 Å². The van der Waals surface area contributed by atoms with Crippen molar-refractivity contribution in [2.45, 2.75) is 38.2 Å². The molecule has 0 fully saturated rings. The normalized spacial score (nSPS) is 13.6. The van der Waals surface area contributed by atoms with Gasteiger partial charge in [-0.2, -0.15) is 0 Å². The number of hydrogen-bond donors (Lipinski definition) is 1. The van der Waals surface area contributed by atoms with Gasteiger partial charge in [0, 0.05) is 17.5 Å². The largest absolute Gasteiger partial charge is 0.497 e. The van der Waals surface area contributed by atoms with Crippen LogP contribution in [0.2, 0.25) is 0 Å². The summed E-state index contributed by atoms with van der Waals surface area (Å²) in [5.74, 6) is 0.883. The molecule has 0 aliphatic heterocycles. The first-order chi connectivity index (χ1) is 7.45. The van der Waals surface area contributed by atoms with Crippen molar-refractivity contribution in [3.63, 3.8) is 0 Å². The van der Waals surface area contributed by atoms with Crippen LogP contribution in [0.25, 0.3) is 0 Å². The fraction of sp³-hybridized carbons (Fsp3) is 0.538. The molecule has 0 aliphatic rings. The summed E-state index contributed by atoms with van der Waals surface area (Å²) in [5.41, 5.74) is 1.16. The van der Waals surface area contributed by atoms with Gasteiger partial charge >= 0.3 is 0 Å². The fourth-order valence-corrected chi connectivity index (χ4v) is 1.29. The number of benzene rings is 1. The van der Waals surface area contributed by atoms with Gasteiger partial charge in [0.05, 0.1) is 7.11 Å². The standard InChI is InChI=1S/C13H20ClNO/c1-10(14)13(2,3)15-9-11-5-7-12(16-4)8-6-11/h5-8,10,15H,9H2,1-4H3. The number of nitrogens with one attached hydrogen (secondary N) is 1. The Kier molecular flexibility index (Phi) is 4.63. The molecule has 0 aliphatic carbocycles. The van der Waals surface area contributed by atoms with Crippen LogP contribution in [-0.2, 0) is 6.54 Å². The molecule has 16 heavy (non-hydrogen) atoms. The lowest BCUT2D eigenvalue weighted by Gasteiger charge is -2.29. The highest BCUT2D eigenvalue weighted by Crippen LogP contribution is 2.16. The third-order valence-electron chi connectivity index (χ3n) is 2.90. The highest BCUT2D eigenvalue weighted by atomic mass is 35.5. The summed E-state index contributed by atoms with van der Waals surface area (Å²) < 4.78 is 5.11. The second-order valence-corrected chi connectivity index (χ2v) is 5.19. The first-order valence-corrected chi connectivity index (χ1v) is 5.91. The van der Waals surface area contributed by atoms with Crippen LogP contribution >= 0.6 is 11.6 Å². The Bertz CT molecular complexity index is 319. The first-order valence-electron chi connectivity index (χ1n) is 5.48. The van der Waals surface area contributed by atoms with E-state index in [1.807, 2.05) is 19.1 Å². The van der Waals surface area contributed by atoms with Gasteiger partial charge in [-0.05, 0) is 38.5 Å². The smallest absolute Gasteiger partial charge is 0.118 e. The molecule has 1 atom stereocenters. The van der Waals surface area contributed by atoms with Gasteiger partial charge in [-0.15, -0.1) is 11.6 Å². The lowest BCUT2D eigenvalue weighted by molar-refractivity contribution is 0.380. The molecule has 90 valence electrons. The predicted molar refractivity (Wildman–Crippen MR) is 69.2 cm³/mol. The molecule has 0 heterocycles. The monoisotopic (exact) mass is 241 g/mol. The fourth-order valence-electron chi connectivity index (χ4n) is 1.21. The van der Waals surface area contributed by atoms with Crippen molar-refractivity contribution in [1.82, 2.24) is 5.32 Å². The summed E-state index contributed by atoms with van der Waals surface area (Å²) in [4.78, 5) is 0. The van der Waals surface area contributed by atoms with Crippen LogP contribution < -0.4 is 10.1 Å². The highest BCUT2D eigenvalue weighted by molar-refractivity contribution is 6.21. The Labute approximate surface area is 103 Å². The average Bonchev–Trinajstić information content (AvgIpc) is 2.27. The van der Waals surface area contributed by atoms with Gasteiger partial charge < -0.3 is 10.1 Å². The van der Waals surface area contributed by atoms with E-state index in [1.165, 1.54) is 5.56 Å². The Morgan fingerprint density at radius 3 is 2.31 bits per heavy atom. The van der Waals surface area contributed by atoms with Crippen molar-refractivity contribution in [3.8, 4) is 5.75 Å². The van der Waals surface area contributed by atoms with E-state index in [9.17, 15) is 0 Å². The maximum absolute atomic E-state index is 6.10. The topological polar surface area (TPSA) is 21.3 Å². The summed E-state index contributed by atoms with van der Waals surface area (Å²) in [6, 6.07) is 8.05. The molecule has 1 aromatic rings. The molecule has 0 bridgehead atoms. The van der Waals surface area contributed by atoms with Crippen molar-refractivity contribution >= 4 is 11.6 Å². The van der Waals surface area contributed by atoms with Gasteiger partial charge in [0.15, 0.2) is 0 Å². The zero-order chi connectivity index (χ0) is 12.2. The van der Waals surface area contributed by atoms with Gasteiger partial charge in [0.2, 0.25) is 0 Å². The van der Waals surface area contributed by atoms with E-state index in [0.29, 0.717) is 0 Å². The molecule has 2 nitrogen and oxygen atoms in total. The molecule has 0 saturated heterocycles. The molecule has 0 saturated carbocycles. The number of rotatable bonds is 5. The van der Waals surface area contributed by atoms with Crippen molar-refractivity contribution in [1.29, 1.82) is 0 Å². The minimum Gasteiger partial charge on any atom is -0.497 e. The average molecular weight is 242 g/mol. The van der Waals surface area contributed by atoms with E-state index < -0.39 is 0 Å². The zero-order valence-electron chi connectivity index (χ0n) is 10.4. The number of halogens is 1. The second kappa shape index (κ2) is 5.55. The quantitative estimate of drug-likeness (QED) is 0.800. The molecule has 1 aromatic carbocycles. The zero-order valence-corrected chi connectivity index (χ0v) is 11.1. The molecule has 0 radical (unpaired) electrons. The minimum atomic E-state index is -0.0680. The number of alkyl halides is 1. The molecule has 3 heteroatoms. The molecule has 1 unspecified atom stereocenters. The molecule has 1 rings (SSSR count). The first kappa shape index (κ1) is 13.3. The molecule has 1 N–H and O–H groups in total. The van der Waals surface area contributed by atoms with Gasteiger partial charge in [-0.3, -0.25) is 0 Å². The van der Waals surface area contributed by atoms with Gasteiger partial charge in [-0.25, -0.2) is 0 Å². The van der Waals surface area contributed by atoms with E-state index in [0.717, 1.165) is 12.3 Å². The second-order valence-electron chi connectivity index (χ2n) is 4.54. The summed E-state index contributed by atoms with van der Waals surface area (Å²) in [5, 5.41) is 3.53. The lowest BCUT2D eigenvalue weighted by atomic mass is 10.0. The van der Waals surface area contributed by atoms with Gasteiger partial charge in [0.1, 0.15) is 5.75 Å². The van der Waals surface area contributed by atoms with Gasteiger partial charge in [-0.1, -0.05) is 12.1 Å². The molecule has 0 spiro atoms. The Balaban J connectivity index is 2.54. The van der Waals surface area contributed by atoms with Crippen LogP contribution in [0.1, 0.15) is 26.3 Å². The van der Waals surface area contributed by atoms with Crippen LogP contribution in [0.5, 0.6) is 5.75 Å². The number of methoxy groups -OCH3 is 1. The van der Waals surface area contributed by atoms with Crippen LogP contribution in [0.3, 0.4) is 0 Å². The maximum atomic E-state index is 6.10. The number of hydrogen-bond acceptors (Lipinski definition) is 2. The highest BCUT2D eigenvalue weighted by Gasteiger charge is 2.22. The number of ether oxygens (including phenoxy) is 1.